The molecular weight excluding hydrogens is 152 g/mol. The zero-order valence-electron chi connectivity index (χ0n) is 5.35. The Morgan fingerprint density at radius 2 is 2.10 bits per heavy atom. The Balaban J connectivity index is 2.09. The first-order chi connectivity index (χ1) is 4.52. The number of amides is 1. The summed E-state index contributed by atoms with van der Waals surface area (Å²) in [6, 6.07) is 0. The Morgan fingerprint density at radius 1 is 1.60 bits per heavy atom. The van der Waals surface area contributed by atoms with Gasteiger partial charge in [-0.15, -0.1) is 0 Å². The number of carbonyl (C=O) groups excluding carboxylic acids is 1. The third kappa shape index (κ3) is 0.667. The number of β-lactam (4-membered cyclic amide) rings is 1. The molecule has 2 aliphatic heterocycles. The normalized spacial score (nSPS) is 51.4. The minimum absolute atomic E-state index is 0.0231. The zero-order valence-corrected chi connectivity index (χ0v) is 6.16. The average Bonchev–Trinajstić information content (AvgIpc) is 1.55. The smallest absolute Gasteiger partial charge is 0.222 e. The van der Waals surface area contributed by atoms with Crippen LogP contribution in [0.5, 0.6) is 0 Å². The highest BCUT2D eigenvalue weighted by atomic mass is 32.2. The molecule has 0 bridgehead atoms. The van der Waals surface area contributed by atoms with Crippen molar-refractivity contribution in [2.75, 3.05) is 11.5 Å². The number of hydrogen-bond donors (Lipinski definition) is 2. The molecule has 0 unspecified atom stereocenters. The van der Waals surface area contributed by atoms with E-state index in [1.165, 1.54) is 0 Å². The van der Waals surface area contributed by atoms with Crippen molar-refractivity contribution in [1.29, 1.82) is 4.78 Å². The van der Waals surface area contributed by atoms with Crippen LogP contribution in [0.4, 0.5) is 0 Å². The quantitative estimate of drug-likeness (QED) is 0.460. The Labute approximate surface area is 59.0 Å². The van der Waals surface area contributed by atoms with E-state index in [4.69, 9.17) is 4.78 Å². The Hall–Kier alpha value is -0.580. The van der Waals surface area contributed by atoms with E-state index >= 15 is 0 Å². The lowest BCUT2D eigenvalue weighted by molar-refractivity contribution is -0.131. The molecule has 2 saturated heterocycles. The van der Waals surface area contributed by atoms with E-state index in [-0.39, 0.29) is 11.4 Å². The molecule has 1 amide bonds. The summed E-state index contributed by atoms with van der Waals surface area (Å²) in [7, 11) is -2.29. The molecule has 2 N–H and O–H groups in total. The van der Waals surface area contributed by atoms with Gasteiger partial charge in [-0.3, -0.25) is 9.57 Å². The van der Waals surface area contributed by atoms with Crippen molar-refractivity contribution < 1.29 is 9.00 Å². The summed E-state index contributed by atoms with van der Waals surface area (Å²) in [4.78, 5) is 10.5. The largest absolute Gasteiger partial charge is 0.348 e. The van der Waals surface area contributed by atoms with Crippen molar-refractivity contribution >= 4 is 15.6 Å². The second-order valence-corrected chi connectivity index (χ2v) is 5.31. The van der Waals surface area contributed by atoms with Crippen molar-refractivity contribution in [3.63, 3.8) is 0 Å². The molecule has 2 heterocycles. The maximum Gasteiger partial charge on any atom is 0.222 e. The van der Waals surface area contributed by atoms with Gasteiger partial charge in [-0.05, 0) is 0 Å². The van der Waals surface area contributed by atoms with E-state index in [1.807, 2.05) is 0 Å². The van der Waals surface area contributed by atoms with Gasteiger partial charge in [-0.1, -0.05) is 0 Å². The summed E-state index contributed by atoms with van der Waals surface area (Å²) in [5.74, 6) is 0.757. The highest BCUT2D eigenvalue weighted by Crippen LogP contribution is 2.33. The van der Waals surface area contributed by atoms with Crippen LogP contribution in [0.1, 0.15) is 6.42 Å². The van der Waals surface area contributed by atoms with Gasteiger partial charge in [-0.25, -0.2) is 4.21 Å². The highest BCUT2D eigenvalue weighted by molar-refractivity contribution is 7.94. The van der Waals surface area contributed by atoms with E-state index in [2.05, 4.69) is 5.32 Å². The zero-order chi connectivity index (χ0) is 7.41. The van der Waals surface area contributed by atoms with Gasteiger partial charge < -0.3 is 5.32 Å². The number of nitrogens with one attached hydrogen (secondary N) is 2. The lowest BCUT2D eigenvalue weighted by atomic mass is 9.91. The molecule has 0 aliphatic carbocycles. The number of hydrogen-bond acceptors (Lipinski definition) is 3. The van der Waals surface area contributed by atoms with Crippen LogP contribution < -0.4 is 5.32 Å². The molecule has 1 spiro atoms. The first-order valence-electron chi connectivity index (χ1n) is 3.07. The minimum atomic E-state index is -2.29. The topological polar surface area (TPSA) is 70.0 Å². The first-order valence-corrected chi connectivity index (χ1v) is 4.96. The third-order valence-corrected chi connectivity index (χ3v) is 3.96. The molecule has 10 heavy (non-hydrogen) atoms. The maximum atomic E-state index is 10.9. The Kier molecular flexibility index (Phi) is 0.840. The molecule has 0 atom stereocenters. The fraction of sp³-hybridized carbons (Fsp3) is 0.800. The van der Waals surface area contributed by atoms with Crippen molar-refractivity contribution in [2.24, 2.45) is 0 Å². The van der Waals surface area contributed by atoms with E-state index in [0.717, 1.165) is 0 Å². The molecule has 0 aromatic heterocycles. The molecule has 0 radical (unpaired) electrons. The molecule has 2 rings (SSSR count). The van der Waals surface area contributed by atoms with Crippen molar-refractivity contribution in [2.45, 2.75) is 12.0 Å². The third-order valence-electron chi connectivity index (χ3n) is 1.92. The summed E-state index contributed by atoms with van der Waals surface area (Å²) in [6.45, 7) is 0. The molecule has 2 aliphatic rings. The van der Waals surface area contributed by atoms with Crippen LogP contribution in [0.15, 0.2) is 0 Å². The van der Waals surface area contributed by atoms with Gasteiger partial charge in [0.05, 0.1) is 23.5 Å². The van der Waals surface area contributed by atoms with Crippen molar-refractivity contribution in [3.8, 4) is 0 Å². The van der Waals surface area contributed by atoms with Crippen LogP contribution in [0.3, 0.4) is 0 Å². The van der Waals surface area contributed by atoms with Gasteiger partial charge in [0.1, 0.15) is 0 Å². The van der Waals surface area contributed by atoms with Gasteiger partial charge in [0.2, 0.25) is 5.91 Å². The minimum Gasteiger partial charge on any atom is -0.348 e. The second-order valence-electron chi connectivity index (χ2n) is 3.11. The summed E-state index contributed by atoms with van der Waals surface area (Å²) < 4.78 is 18.0. The van der Waals surface area contributed by atoms with Gasteiger partial charge in [0.15, 0.2) is 0 Å². The molecule has 0 aromatic rings. The Morgan fingerprint density at radius 3 is 2.40 bits per heavy atom. The van der Waals surface area contributed by atoms with Gasteiger partial charge in [-0.2, -0.15) is 0 Å². The van der Waals surface area contributed by atoms with Gasteiger partial charge >= 0.3 is 0 Å². The van der Waals surface area contributed by atoms with Gasteiger partial charge in [0, 0.05) is 9.73 Å². The van der Waals surface area contributed by atoms with Crippen LogP contribution in [-0.2, 0) is 14.5 Å². The fourth-order valence-corrected chi connectivity index (χ4v) is 3.66. The van der Waals surface area contributed by atoms with Crippen LogP contribution in [0.25, 0.3) is 0 Å². The van der Waals surface area contributed by atoms with Crippen LogP contribution in [0.2, 0.25) is 0 Å². The van der Waals surface area contributed by atoms with E-state index < -0.39 is 9.73 Å². The summed E-state index contributed by atoms with van der Waals surface area (Å²) in [5.41, 5.74) is -0.212. The van der Waals surface area contributed by atoms with Crippen LogP contribution >= 0.6 is 0 Å². The predicted molar refractivity (Wildman–Crippen MR) is 36.1 cm³/mol. The molecule has 2 fully saturated rings. The lowest BCUT2D eigenvalue weighted by Gasteiger charge is -2.49. The standard InChI is InChI=1S/C5H8N2O2S/c6-10(9)2-5(3-10)1-4(8)7-5/h6H,1-3H2,(H,7,8). The van der Waals surface area contributed by atoms with Crippen LogP contribution in [0, 0.1) is 4.78 Å². The molecular formula is C5H8N2O2S. The average molecular weight is 160 g/mol. The summed E-state index contributed by atoms with van der Waals surface area (Å²) >= 11 is 0. The molecule has 5 heteroatoms. The number of carbonyl (C=O) groups is 1. The monoisotopic (exact) mass is 160 g/mol. The second kappa shape index (κ2) is 1.37. The summed E-state index contributed by atoms with van der Waals surface area (Å²) in [6.07, 6.45) is 0.475. The molecule has 0 aromatic carbocycles. The highest BCUT2D eigenvalue weighted by Gasteiger charge is 2.54. The molecule has 4 nitrogen and oxygen atoms in total. The maximum absolute atomic E-state index is 10.9. The lowest BCUT2D eigenvalue weighted by Crippen LogP contribution is -2.73. The predicted octanol–water partition coefficient (Wildman–Crippen LogP) is -0.695. The fourth-order valence-electron chi connectivity index (χ4n) is 1.61. The van der Waals surface area contributed by atoms with Gasteiger partial charge in [0.25, 0.3) is 0 Å². The SMILES string of the molecule is N=S1(=O)CC2(CC(=O)N2)C1. The molecule has 56 valence electrons. The van der Waals surface area contributed by atoms with E-state index in [0.29, 0.717) is 17.9 Å². The van der Waals surface area contributed by atoms with Crippen molar-refractivity contribution in [1.82, 2.24) is 5.32 Å². The van der Waals surface area contributed by atoms with E-state index in [1.54, 1.807) is 0 Å². The van der Waals surface area contributed by atoms with Crippen molar-refractivity contribution in [3.05, 3.63) is 0 Å². The summed E-state index contributed by atoms with van der Waals surface area (Å²) in [5, 5.41) is 2.67. The van der Waals surface area contributed by atoms with E-state index in [9.17, 15) is 9.00 Å². The van der Waals surface area contributed by atoms with Crippen LogP contribution in [-0.4, -0.2) is 27.2 Å². The Bertz CT molecular complexity index is 271. The molecule has 0 saturated carbocycles. The first kappa shape index (κ1) is 6.15. The number of rotatable bonds is 0.